The van der Waals surface area contributed by atoms with Crippen molar-refractivity contribution in [2.24, 2.45) is 0 Å². The summed E-state index contributed by atoms with van der Waals surface area (Å²) in [5, 5.41) is 0.695. The lowest BCUT2D eigenvalue weighted by molar-refractivity contribution is -0.141. The Kier molecular flexibility index (Phi) is 5.33. The van der Waals surface area contributed by atoms with Crippen LogP contribution in [0.1, 0.15) is 18.5 Å². The molecular weight excluding hydrogens is 421 g/mol. The van der Waals surface area contributed by atoms with Gasteiger partial charge in [-0.2, -0.15) is 22.5 Å². The second-order valence-electron chi connectivity index (χ2n) is 6.80. The van der Waals surface area contributed by atoms with E-state index < -0.39 is 34.0 Å². The number of alkyl halides is 3. The fourth-order valence-electron chi connectivity index (χ4n) is 3.35. The monoisotopic (exact) mass is 438 g/mol. The molecule has 0 aliphatic carbocycles. The molecule has 1 saturated heterocycles. The predicted molar refractivity (Wildman–Crippen MR) is 101 cm³/mol. The van der Waals surface area contributed by atoms with E-state index in [1.807, 2.05) is 0 Å². The fraction of sp³-hybridized carbons (Fsp3) is 0.316. The number of piperidine rings is 1. The molecule has 1 aliphatic rings. The molecule has 11 heteroatoms. The fourth-order valence-corrected chi connectivity index (χ4v) is 5.02. The third-order valence-electron chi connectivity index (χ3n) is 4.75. The number of para-hydroxylation sites is 1. The Morgan fingerprint density at radius 3 is 2.67 bits per heavy atom. The van der Waals surface area contributed by atoms with Gasteiger partial charge in [0.1, 0.15) is 11.0 Å². The van der Waals surface area contributed by atoms with Crippen molar-refractivity contribution in [1.29, 1.82) is 0 Å². The minimum absolute atomic E-state index is 0.0227. The molecule has 0 amide bonds. The topological polar surface area (TPSA) is 85.3 Å². The van der Waals surface area contributed by atoms with Gasteiger partial charge in [-0.15, -0.1) is 0 Å². The summed E-state index contributed by atoms with van der Waals surface area (Å²) in [6.45, 7) is 0.250. The minimum atomic E-state index is -4.62. The molecule has 7 nitrogen and oxygen atoms in total. The number of halogens is 3. The van der Waals surface area contributed by atoms with Crippen LogP contribution < -0.4 is 4.74 Å². The van der Waals surface area contributed by atoms with Gasteiger partial charge in [0.2, 0.25) is 10.0 Å². The Labute approximate surface area is 170 Å². The van der Waals surface area contributed by atoms with E-state index in [4.69, 9.17) is 4.74 Å². The van der Waals surface area contributed by atoms with E-state index in [2.05, 4.69) is 15.0 Å². The van der Waals surface area contributed by atoms with Crippen molar-refractivity contribution in [2.45, 2.75) is 30.0 Å². The largest absolute Gasteiger partial charge is 0.459 e. The predicted octanol–water partition coefficient (Wildman–Crippen LogP) is 3.28. The number of nitrogens with zero attached hydrogens (tertiary/aromatic N) is 4. The van der Waals surface area contributed by atoms with Crippen molar-refractivity contribution < 1.29 is 26.3 Å². The second-order valence-corrected chi connectivity index (χ2v) is 8.70. The number of sulfonamides is 1. The van der Waals surface area contributed by atoms with E-state index in [1.54, 1.807) is 24.3 Å². The Bertz CT molecular complexity index is 1170. The zero-order valence-corrected chi connectivity index (χ0v) is 16.4. The summed E-state index contributed by atoms with van der Waals surface area (Å²) < 4.78 is 71.8. The number of hydrogen-bond acceptors (Lipinski definition) is 6. The molecule has 1 unspecified atom stereocenters. The van der Waals surface area contributed by atoms with Crippen molar-refractivity contribution in [2.75, 3.05) is 13.1 Å². The highest BCUT2D eigenvalue weighted by atomic mass is 32.2. The lowest BCUT2D eigenvalue weighted by Gasteiger charge is -2.31. The van der Waals surface area contributed by atoms with Gasteiger partial charge >= 0.3 is 12.2 Å². The Hall–Kier alpha value is -2.79. The van der Waals surface area contributed by atoms with Gasteiger partial charge in [0.05, 0.1) is 12.1 Å². The van der Waals surface area contributed by atoms with Gasteiger partial charge in [0.25, 0.3) is 0 Å². The van der Waals surface area contributed by atoms with Crippen molar-refractivity contribution in [3.63, 3.8) is 0 Å². The first kappa shape index (κ1) is 20.5. The zero-order valence-electron chi connectivity index (χ0n) is 15.6. The molecule has 3 aromatic rings. The number of rotatable bonds is 4. The highest BCUT2D eigenvalue weighted by Gasteiger charge is 2.35. The van der Waals surface area contributed by atoms with Crippen LogP contribution >= 0.6 is 0 Å². The quantitative estimate of drug-likeness (QED) is 0.622. The number of hydrogen-bond donors (Lipinski definition) is 0. The van der Waals surface area contributed by atoms with Crippen LogP contribution in [0.3, 0.4) is 0 Å². The Balaban J connectivity index is 1.57. The second kappa shape index (κ2) is 7.80. The van der Waals surface area contributed by atoms with Crippen LogP contribution in [-0.4, -0.2) is 46.9 Å². The van der Waals surface area contributed by atoms with E-state index in [9.17, 15) is 21.6 Å². The summed E-state index contributed by atoms with van der Waals surface area (Å²) in [4.78, 5) is 11.4. The van der Waals surface area contributed by atoms with Gasteiger partial charge < -0.3 is 4.74 Å². The number of benzene rings is 1. The van der Waals surface area contributed by atoms with E-state index in [0.717, 1.165) is 12.3 Å². The van der Waals surface area contributed by atoms with E-state index >= 15 is 0 Å². The van der Waals surface area contributed by atoms with Crippen molar-refractivity contribution in [1.82, 2.24) is 19.3 Å². The molecule has 3 heterocycles. The van der Waals surface area contributed by atoms with E-state index in [1.165, 1.54) is 16.6 Å². The molecule has 0 bridgehead atoms. The van der Waals surface area contributed by atoms with Crippen LogP contribution in [0.5, 0.6) is 6.01 Å². The molecule has 1 atom stereocenters. The summed E-state index contributed by atoms with van der Waals surface area (Å²) >= 11 is 0. The molecule has 158 valence electrons. The Morgan fingerprint density at radius 2 is 1.87 bits per heavy atom. The Morgan fingerprint density at radius 1 is 1.07 bits per heavy atom. The van der Waals surface area contributed by atoms with Gasteiger partial charge in [-0.3, -0.25) is 4.98 Å². The molecule has 1 aliphatic heterocycles. The summed E-state index contributed by atoms with van der Waals surface area (Å²) in [6.07, 6.45) is -1.84. The smallest absolute Gasteiger partial charge is 0.433 e. The van der Waals surface area contributed by atoms with E-state index in [-0.39, 0.29) is 18.0 Å². The first-order chi connectivity index (χ1) is 14.2. The van der Waals surface area contributed by atoms with Crippen molar-refractivity contribution >= 4 is 20.9 Å². The number of fused-ring (bicyclic) bond motifs is 1. The van der Waals surface area contributed by atoms with E-state index in [0.29, 0.717) is 23.7 Å². The summed E-state index contributed by atoms with van der Waals surface area (Å²) in [6, 6.07) is 8.72. The maximum absolute atomic E-state index is 13.2. The lowest BCUT2D eigenvalue weighted by Crippen LogP contribution is -2.44. The van der Waals surface area contributed by atoms with Crippen molar-refractivity contribution in [3.8, 4) is 6.01 Å². The molecule has 2 aromatic heterocycles. The first-order valence-electron chi connectivity index (χ1n) is 9.16. The van der Waals surface area contributed by atoms with Crippen LogP contribution in [0.25, 0.3) is 10.9 Å². The molecule has 0 saturated carbocycles. The molecular formula is C19H17F3N4O3S. The average molecular weight is 438 g/mol. The summed E-state index contributed by atoms with van der Waals surface area (Å²) in [5.41, 5.74) is -0.751. The van der Waals surface area contributed by atoms with Gasteiger partial charge in [-0.05, 0) is 31.0 Å². The molecule has 0 N–H and O–H groups in total. The molecule has 0 radical (unpaired) electrons. The van der Waals surface area contributed by atoms with Gasteiger partial charge in [-0.1, -0.05) is 18.2 Å². The maximum Gasteiger partial charge on any atom is 0.433 e. The molecule has 0 spiro atoms. The molecule has 1 fully saturated rings. The highest BCUT2D eigenvalue weighted by Crippen LogP contribution is 2.29. The van der Waals surface area contributed by atoms with Gasteiger partial charge in [-0.25, -0.2) is 13.4 Å². The number of ether oxygens (including phenoxy) is 1. The first-order valence-corrected chi connectivity index (χ1v) is 10.6. The average Bonchev–Trinajstić information content (AvgIpc) is 2.73. The maximum atomic E-state index is 13.2. The highest BCUT2D eigenvalue weighted by molar-refractivity contribution is 7.89. The number of aromatic nitrogens is 3. The lowest BCUT2D eigenvalue weighted by atomic mass is 10.1. The third kappa shape index (κ3) is 4.08. The van der Waals surface area contributed by atoms with Gasteiger partial charge in [0.15, 0.2) is 5.69 Å². The van der Waals surface area contributed by atoms with Crippen LogP contribution in [0.4, 0.5) is 13.2 Å². The molecule has 30 heavy (non-hydrogen) atoms. The van der Waals surface area contributed by atoms with Crippen LogP contribution in [0, 0.1) is 0 Å². The van der Waals surface area contributed by atoms with Crippen LogP contribution in [-0.2, 0) is 16.2 Å². The van der Waals surface area contributed by atoms with Crippen LogP contribution in [0.15, 0.2) is 53.7 Å². The SMILES string of the molecule is O=S(=O)(c1cccc2cccnc12)N1CCCC(Oc2nccc(C(F)(F)F)n2)C1. The third-order valence-corrected chi connectivity index (χ3v) is 6.65. The molecule has 1 aromatic carbocycles. The van der Waals surface area contributed by atoms with Crippen molar-refractivity contribution in [3.05, 3.63) is 54.5 Å². The van der Waals surface area contributed by atoms with Gasteiger partial charge in [0, 0.05) is 24.3 Å². The summed E-state index contributed by atoms with van der Waals surface area (Å²) in [7, 11) is -3.88. The summed E-state index contributed by atoms with van der Waals surface area (Å²) in [5.74, 6) is 0. The molecule has 4 rings (SSSR count). The zero-order chi connectivity index (χ0) is 21.4. The number of pyridine rings is 1. The van der Waals surface area contributed by atoms with Crippen LogP contribution in [0.2, 0.25) is 0 Å². The minimum Gasteiger partial charge on any atom is -0.459 e. The normalized spacial score (nSPS) is 18.4. The standard InChI is InChI=1S/C19H17F3N4O3S/c20-19(21,22)16-8-10-24-18(25-16)29-14-6-3-11-26(12-14)30(27,28)15-7-1-4-13-5-2-9-23-17(13)15/h1-2,4-5,7-10,14H,3,6,11-12H2.